The number of aliphatic carboxylic acids is 1. The molecule has 3 unspecified atom stereocenters. The van der Waals surface area contributed by atoms with Gasteiger partial charge in [0.05, 0.1) is 12.6 Å². The number of carbonyl (C=O) groups is 4. The van der Waals surface area contributed by atoms with Crippen molar-refractivity contribution >= 4 is 35.6 Å². The van der Waals surface area contributed by atoms with Gasteiger partial charge in [-0.15, -0.1) is 0 Å². The Bertz CT molecular complexity index is 779. The van der Waals surface area contributed by atoms with Crippen LogP contribution in [0.1, 0.15) is 38.5 Å². The Morgan fingerprint density at radius 3 is 2.15 bits per heavy atom. The third-order valence-electron chi connectivity index (χ3n) is 5.13. The van der Waals surface area contributed by atoms with Crippen LogP contribution in [0.25, 0.3) is 0 Å². The van der Waals surface area contributed by atoms with Gasteiger partial charge in [-0.05, 0) is 38.5 Å². The van der Waals surface area contributed by atoms with Gasteiger partial charge in [0, 0.05) is 19.6 Å². The number of hydrogen-bond acceptors (Lipinski definition) is 7. The van der Waals surface area contributed by atoms with E-state index in [0.717, 1.165) is 0 Å². The van der Waals surface area contributed by atoms with Gasteiger partial charge < -0.3 is 49.3 Å². The molecule has 0 aliphatic carbocycles. The molecule has 0 aromatic rings. The maximum atomic E-state index is 12.7. The first-order chi connectivity index (χ1) is 16.0. The second-order valence-corrected chi connectivity index (χ2v) is 7.87. The number of likely N-dealkylation sites (tertiary alicyclic amines) is 1. The average molecular weight is 485 g/mol. The van der Waals surface area contributed by atoms with E-state index in [9.17, 15) is 24.3 Å². The maximum absolute atomic E-state index is 12.7. The summed E-state index contributed by atoms with van der Waals surface area (Å²) in [4.78, 5) is 57.8. The molecule has 0 aromatic carbocycles. The van der Waals surface area contributed by atoms with Gasteiger partial charge in [0.2, 0.25) is 17.7 Å². The molecule has 1 saturated heterocycles. The van der Waals surface area contributed by atoms with Gasteiger partial charge in [0.15, 0.2) is 11.9 Å². The zero-order valence-electron chi connectivity index (χ0n) is 19.1. The number of amides is 3. The molecule has 1 fully saturated rings. The molecule has 1 aliphatic rings. The van der Waals surface area contributed by atoms with Crippen molar-refractivity contribution in [2.75, 3.05) is 26.2 Å². The number of carboxylic acids is 1. The van der Waals surface area contributed by atoms with Crippen molar-refractivity contribution in [2.45, 2.75) is 56.7 Å². The van der Waals surface area contributed by atoms with Gasteiger partial charge >= 0.3 is 5.97 Å². The zero-order chi connectivity index (χ0) is 25.7. The van der Waals surface area contributed by atoms with E-state index >= 15 is 0 Å². The van der Waals surface area contributed by atoms with Crippen LogP contribution in [0, 0.1) is 0 Å². The van der Waals surface area contributed by atoms with Crippen molar-refractivity contribution in [1.29, 1.82) is 0 Å². The highest BCUT2D eigenvalue weighted by atomic mass is 16.4. The zero-order valence-corrected chi connectivity index (χ0v) is 19.1. The normalized spacial score (nSPS) is 16.7. The molecule has 192 valence electrons. The second-order valence-electron chi connectivity index (χ2n) is 7.87. The highest BCUT2D eigenvalue weighted by Crippen LogP contribution is 2.19. The van der Waals surface area contributed by atoms with Gasteiger partial charge in [-0.3, -0.25) is 24.4 Å². The number of nitrogens with zero attached hydrogens (tertiary/aromatic N) is 3. The van der Waals surface area contributed by atoms with Crippen LogP contribution >= 0.6 is 0 Å². The molecule has 1 heterocycles. The number of carbonyl (C=O) groups excluding carboxylic acids is 3. The highest BCUT2D eigenvalue weighted by molar-refractivity contribution is 5.93. The molecule has 15 heteroatoms. The number of carboxylic acid groups (broad SMARTS) is 1. The molecule has 3 amide bonds. The number of guanidine groups is 2. The topological polar surface area (TPSA) is 271 Å². The molecule has 13 N–H and O–H groups in total. The lowest BCUT2D eigenvalue weighted by Gasteiger charge is -2.26. The second kappa shape index (κ2) is 14.5. The summed E-state index contributed by atoms with van der Waals surface area (Å²) >= 11 is 0. The smallest absolute Gasteiger partial charge is 0.326 e. The lowest BCUT2D eigenvalue weighted by Crippen LogP contribution is -2.53. The molecule has 1 aliphatic heterocycles. The molecular formula is C19H36N10O5. The minimum absolute atomic E-state index is 0.0409. The van der Waals surface area contributed by atoms with Crippen molar-refractivity contribution in [3.05, 3.63) is 0 Å². The molecule has 3 atom stereocenters. The quantitative estimate of drug-likeness (QED) is 0.0673. The Kier molecular flexibility index (Phi) is 12.1. The van der Waals surface area contributed by atoms with Gasteiger partial charge in [0.1, 0.15) is 12.1 Å². The Balaban J connectivity index is 2.51. The molecule has 0 radical (unpaired) electrons. The van der Waals surface area contributed by atoms with Crippen LogP contribution in [0.4, 0.5) is 0 Å². The Morgan fingerprint density at radius 1 is 1.00 bits per heavy atom. The largest absolute Gasteiger partial charge is 0.480 e. The first kappa shape index (κ1) is 28.4. The average Bonchev–Trinajstić information content (AvgIpc) is 3.25. The summed E-state index contributed by atoms with van der Waals surface area (Å²) in [6, 6.07) is -2.71. The van der Waals surface area contributed by atoms with Crippen molar-refractivity contribution in [3.63, 3.8) is 0 Å². The van der Waals surface area contributed by atoms with Crippen molar-refractivity contribution in [3.8, 4) is 0 Å². The SMILES string of the molecule is NC(N)=NCCCC(N)C(=O)N1CCCC1C(=O)NCC(=O)NC(CCCN=C(N)N)C(=O)O. The summed E-state index contributed by atoms with van der Waals surface area (Å²) in [5.74, 6) is -2.90. The van der Waals surface area contributed by atoms with Crippen LogP contribution in [-0.4, -0.2) is 89.9 Å². The molecule has 34 heavy (non-hydrogen) atoms. The van der Waals surface area contributed by atoms with E-state index in [4.69, 9.17) is 28.7 Å². The third-order valence-corrected chi connectivity index (χ3v) is 5.13. The minimum Gasteiger partial charge on any atom is -0.480 e. The number of nitrogens with two attached hydrogens (primary N) is 5. The van der Waals surface area contributed by atoms with Gasteiger partial charge in [-0.25, -0.2) is 4.79 Å². The number of nitrogens with one attached hydrogen (secondary N) is 2. The molecule has 0 aromatic heterocycles. The predicted octanol–water partition coefficient (Wildman–Crippen LogP) is -3.90. The minimum atomic E-state index is -1.22. The molecular weight excluding hydrogens is 448 g/mol. The summed E-state index contributed by atoms with van der Waals surface area (Å²) in [6.07, 6.45) is 2.36. The third kappa shape index (κ3) is 10.3. The van der Waals surface area contributed by atoms with Crippen LogP contribution in [-0.2, 0) is 19.2 Å². The fraction of sp³-hybridized carbons (Fsp3) is 0.684. The maximum Gasteiger partial charge on any atom is 0.326 e. The van der Waals surface area contributed by atoms with E-state index in [1.807, 2.05) is 0 Å². The van der Waals surface area contributed by atoms with Crippen LogP contribution in [0.5, 0.6) is 0 Å². The molecule has 0 bridgehead atoms. The molecule has 0 saturated carbocycles. The Morgan fingerprint density at radius 2 is 1.59 bits per heavy atom. The summed E-state index contributed by atoms with van der Waals surface area (Å²) in [5.41, 5.74) is 26.9. The van der Waals surface area contributed by atoms with E-state index < -0.39 is 42.5 Å². The fourth-order valence-corrected chi connectivity index (χ4v) is 3.45. The van der Waals surface area contributed by atoms with E-state index in [1.54, 1.807) is 0 Å². The molecule has 0 spiro atoms. The number of aliphatic imine (C=N–C) groups is 2. The van der Waals surface area contributed by atoms with Crippen LogP contribution < -0.4 is 39.3 Å². The fourth-order valence-electron chi connectivity index (χ4n) is 3.45. The predicted molar refractivity (Wildman–Crippen MR) is 125 cm³/mol. The van der Waals surface area contributed by atoms with Crippen molar-refractivity contribution < 1.29 is 24.3 Å². The van der Waals surface area contributed by atoms with Crippen LogP contribution in [0.15, 0.2) is 9.98 Å². The lowest BCUT2D eigenvalue weighted by atomic mass is 10.1. The molecule has 1 rings (SSSR count). The van der Waals surface area contributed by atoms with Gasteiger partial charge in [0.25, 0.3) is 0 Å². The standard InChI is InChI=1S/C19H36N10O5/c20-11(4-1-7-25-18(21)22)16(32)29-9-3-6-13(29)15(31)27-10-14(30)28-12(17(33)34)5-2-8-26-19(23)24/h11-13H,1-10,20H2,(H,27,31)(H,28,30)(H,33,34)(H4,21,22,25)(H4,23,24,26). The summed E-state index contributed by atoms with van der Waals surface area (Å²) < 4.78 is 0. The van der Waals surface area contributed by atoms with E-state index in [0.29, 0.717) is 45.2 Å². The summed E-state index contributed by atoms with van der Waals surface area (Å²) in [5, 5.41) is 14.1. The number of rotatable bonds is 14. The van der Waals surface area contributed by atoms with E-state index in [1.165, 1.54) is 4.90 Å². The van der Waals surface area contributed by atoms with Gasteiger partial charge in [-0.1, -0.05) is 0 Å². The number of hydrogen-bond donors (Lipinski definition) is 8. The first-order valence-electron chi connectivity index (χ1n) is 11.0. The lowest BCUT2D eigenvalue weighted by molar-refractivity contribution is -0.142. The summed E-state index contributed by atoms with van der Waals surface area (Å²) in [6.45, 7) is 0.510. The molecule has 15 nitrogen and oxygen atoms in total. The van der Waals surface area contributed by atoms with Crippen molar-refractivity contribution in [2.24, 2.45) is 38.7 Å². The Labute approximate surface area is 197 Å². The highest BCUT2D eigenvalue weighted by Gasteiger charge is 2.36. The van der Waals surface area contributed by atoms with Crippen molar-refractivity contribution in [1.82, 2.24) is 15.5 Å². The van der Waals surface area contributed by atoms with E-state index in [-0.39, 0.29) is 30.8 Å². The Hall–Kier alpha value is -3.62. The monoisotopic (exact) mass is 484 g/mol. The van der Waals surface area contributed by atoms with Crippen LogP contribution in [0.3, 0.4) is 0 Å². The summed E-state index contributed by atoms with van der Waals surface area (Å²) in [7, 11) is 0. The van der Waals surface area contributed by atoms with E-state index in [2.05, 4.69) is 20.6 Å². The first-order valence-corrected chi connectivity index (χ1v) is 11.0. The van der Waals surface area contributed by atoms with Crippen LogP contribution in [0.2, 0.25) is 0 Å². The van der Waals surface area contributed by atoms with Gasteiger partial charge in [-0.2, -0.15) is 0 Å².